The first-order valence-corrected chi connectivity index (χ1v) is 12.0. The molecule has 0 unspecified atom stereocenters. The Morgan fingerprint density at radius 2 is 1.82 bits per heavy atom. The van der Waals surface area contributed by atoms with Gasteiger partial charge in [-0.1, -0.05) is 53.2 Å². The van der Waals surface area contributed by atoms with Gasteiger partial charge in [0.15, 0.2) is 15.0 Å². The number of amides is 1. The number of thioether (sulfide) groups is 1. The van der Waals surface area contributed by atoms with Crippen LogP contribution in [-0.4, -0.2) is 42.3 Å². The van der Waals surface area contributed by atoms with E-state index in [-0.39, 0.29) is 35.1 Å². The summed E-state index contributed by atoms with van der Waals surface area (Å²) in [5, 5.41) is 1.48. The van der Waals surface area contributed by atoms with Crippen LogP contribution in [0.25, 0.3) is 0 Å². The van der Waals surface area contributed by atoms with Crippen molar-refractivity contribution >= 4 is 61.6 Å². The Hall–Kier alpha value is -1.54. The van der Waals surface area contributed by atoms with Crippen LogP contribution in [0.15, 0.2) is 53.5 Å². The number of aliphatic imine (C=N–C) groups is 1. The van der Waals surface area contributed by atoms with E-state index in [4.69, 9.17) is 23.2 Å². The van der Waals surface area contributed by atoms with E-state index in [2.05, 4.69) is 4.99 Å². The lowest BCUT2D eigenvalue weighted by atomic mass is 10.1. The molecule has 28 heavy (non-hydrogen) atoms. The first kappa shape index (κ1) is 19.8. The second-order valence-electron chi connectivity index (χ2n) is 6.70. The molecule has 4 rings (SSSR count). The van der Waals surface area contributed by atoms with Crippen molar-refractivity contribution in [2.45, 2.75) is 17.7 Å². The third-order valence-electron chi connectivity index (χ3n) is 4.69. The summed E-state index contributed by atoms with van der Waals surface area (Å²) in [5.41, 5.74) is 1.48. The molecular formula is C19H16Cl2N2O3S2. The highest BCUT2D eigenvalue weighted by Crippen LogP contribution is 2.41. The van der Waals surface area contributed by atoms with Gasteiger partial charge in [0.1, 0.15) is 0 Å². The summed E-state index contributed by atoms with van der Waals surface area (Å²) in [6.07, 6.45) is 0.0891. The van der Waals surface area contributed by atoms with E-state index in [1.165, 1.54) is 11.8 Å². The van der Waals surface area contributed by atoms with Gasteiger partial charge in [0.25, 0.3) is 5.91 Å². The summed E-state index contributed by atoms with van der Waals surface area (Å²) in [6, 6.07) is 14.0. The second-order valence-corrected chi connectivity index (χ2v) is 10.9. The first-order chi connectivity index (χ1) is 13.3. The fourth-order valence-corrected chi connectivity index (χ4v) is 7.68. The molecule has 0 saturated carbocycles. The fourth-order valence-electron chi connectivity index (χ4n) is 3.42. The number of fused-ring (bicyclic) bond motifs is 1. The smallest absolute Gasteiger partial charge is 0.252 e. The van der Waals surface area contributed by atoms with Gasteiger partial charge in [-0.15, -0.1) is 0 Å². The van der Waals surface area contributed by atoms with Crippen LogP contribution < -0.4 is 4.90 Å². The number of halogens is 2. The predicted octanol–water partition coefficient (Wildman–Crippen LogP) is 3.84. The van der Waals surface area contributed by atoms with E-state index in [0.29, 0.717) is 20.8 Å². The lowest BCUT2D eigenvalue weighted by Crippen LogP contribution is -2.37. The number of hydrogen-bond donors (Lipinski definition) is 0. The molecule has 9 heteroatoms. The zero-order chi connectivity index (χ0) is 19.9. The number of sulfone groups is 1. The molecule has 0 bridgehead atoms. The SMILES string of the molecule is O=C(Cc1ccccc1Cl)N=C1S[C@@H]2CS(=O)(=O)C[C@@H]2N1c1ccc(Cl)cc1. The first-order valence-electron chi connectivity index (χ1n) is 8.59. The summed E-state index contributed by atoms with van der Waals surface area (Å²) in [7, 11) is -3.11. The van der Waals surface area contributed by atoms with Crippen molar-refractivity contribution in [1.29, 1.82) is 0 Å². The molecule has 2 fully saturated rings. The average Bonchev–Trinajstić information content (AvgIpc) is 3.09. The summed E-state index contributed by atoms with van der Waals surface area (Å²) in [4.78, 5) is 18.7. The lowest BCUT2D eigenvalue weighted by molar-refractivity contribution is -0.117. The minimum atomic E-state index is -3.11. The molecule has 2 aromatic rings. The van der Waals surface area contributed by atoms with Crippen molar-refractivity contribution in [3.05, 3.63) is 64.1 Å². The molecule has 0 aromatic heterocycles. The highest BCUT2D eigenvalue weighted by Gasteiger charge is 2.49. The lowest BCUT2D eigenvalue weighted by Gasteiger charge is -2.24. The topological polar surface area (TPSA) is 66.8 Å². The predicted molar refractivity (Wildman–Crippen MR) is 115 cm³/mol. The van der Waals surface area contributed by atoms with Crippen molar-refractivity contribution in [2.24, 2.45) is 4.99 Å². The van der Waals surface area contributed by atoms with E-state index in [1.54, 1.807) is 30.3 Å². The number of anilines is 1. The Bertz CT molecular complexity index is 1060. The standard InChI is InChI=1S/C19H16Cl2N2O3S2/c20-13-5-7-14(8-6-13)23-16-10-28(25,26)11-17(16)27-19(23)22-18(24)9-12-3-1-2-4-15(12)21/h1-8,16-17H,9-11H2/t16-,17+/m0/s1. The van der Waals surface area contributed by atoms with Gasteiger partial charge in [0, 0.05) is 21.0 Å². The normalized spacial score (nSPS) is 24.5. The number of rotatable bonds is 3. The molecule has 2 aromatic carbocycles. The van der Waals surface area contributed by atoms with Gasteiger partial charge in [-0.25, -0.2) is 8.42 Å². The van der Waals surface area contributed by atoms with Gasteiger partial charge >= 0.3 is 0 Å². The van der Waals surface area contributed by atoms with Crippen molar-refractivity contribution in [2.75, 3.05) is 16.4 Å². The fraction of sp³-hybridized carbons (Fsp3) is 0.263. The largest absolute Gasteiger partial charge is 0.316 e. The summed E-state index contributed by atoms with van der Waals surface area (Å²) < 4.78 is 24.2. The highest BCUT2D eigenvalue weighted by molar-refractivity contribution is 8.16. The van der Waals surface area contributed by atoms with Crippen LogP contribution in [0.3, 0.4) is 0 Å². The molecule has 0 radical (unpaired) electrons. The van der Waals surface area contributed by atoms with Gasteiger partial charge < -0.3 is 4.90 Å². The van der Waals surface area contributed by atoms with Gasteiger partial charge in [0.05, 0.1) is 24.0 Å². The molecule has 5 nitrogen and oxygen atoms in total. The third-order valence-corrected chi connectivity index (χ3v) is 8.52. The minimum Gasteiger partial charge on any atom is -0.316 e. The Morgan fingerprint density at radius 3 is 2.54 bits per heavy atom. The number of amidine groups is 1. The van der Waals surface area contributed by atoms with Crippen molar-refractivity contribution < 1.29 is 13.2 Å². The molecular weight excluding hydrogens is 439 g/mol. The molecule has 0 N–H and O–H groups in total. The van der Waals surface area contributed by atoms with Crippen molar-refractivity contribution in [3.63, 3.8) is 0 Å². The Balaban J connectivity index is 1.65. The van der Waals surface area contributed by atoms with Crippen LogP contribution in [-0.2, 0) is 21.1 Å². The van der Waals surface area contributed by atoms with E-state index >= 15 is 0 Å². The summed E-state index contributed by atoms with van der Waals surface area (Å²) in [6.45, 7) is 0. The van der Waals surface area contributed by atoms with Gasteiger partial charge in [-0.3, -0.25) is 4.79 Å². The molecule has 2 saturated heterocycles. The zero-order valence-corrected chi connectivity index (χ0v) is 17.7. The van der Waals surface area contributed by atoms with E-state index in [9.17, 15) is 13.2 Å². The highest BCUT2D eigenvalue weighted by atomic mass is 35.5. The van der Waals surface area contributed by atoms with Gasteiger partial charge in [-0.05, 0) is 35.9 Å². The maximum atomic E-state index is 12.6. The molecule has 2 aliphatic heterocycles. The molecule has 0 spiro atoms. The van der Waals surface area contributed by atoms with E-state index in [1.807, 2.05) is 23.1 Å². The van der Waals surface area contributed by atoms with Crippen molar-refractivity contribution in [3.8, 4) is 0 Å². The monoisotopic (exact) mass is 454 g/mol. The van der Waals surface area contributed by atoms with Gasteiger partial charge in [0.2, 0.25) is 0 Å². The van der Waals surface area contributed by atoms with Gasteiger partial charge in [-0.2, -0.15) is 4.99 Å². The summed E-state index contributed by atoms with van der Waals surface area (Å²) >= 11 is 13.5. The number of carbonyl (C=O) groups is 1. The number of hydrogen-bond acceptors (Lipinski definition) is 4. The van der Waals surface area contributed by atoms with Crippen LogP contribution >= 0.6 is 35.0 Å². The number of benzene rings is 2. The van der Waals surface area contributed by atoms with Crippen LogP contribution in [0, 0.1) is 0 Å². The Morgan fingerprint density at radius 1 is 1.11 bits per heavy atom. The number of nitrogens with zero attached hydrogens (tertiary/aromatic N) is 2. The molecule has 2 heterocycles. The molecule has 2 atom stereocenters. The van der Waals surface area contributed by atoms with Crippen molar-refractivity contribution in [1.82, 2.24) is 0 Å². The maximum Gasteiger partial charge on any atom is 0.252 e. The average molecular weight is 455 g/mol. The second kappa shape index (κ2) is 7.71. The Kier molecular flexibility index (Phi) is 5.44. The van der Waals surface area contributed by atoms with Crippen LogP contribution in [0.5, 0.6) is 0 Å². The number of carbonyl (C=O) groups excluding carboxylic acids is 1. The zero-order valence-electron chi connectivity index (χ0n) is 14.6. The molecule has 2 aliphatic rings. The summed E-state index contributed by atoms with van der Waals surface area (Å²) in [5.74, 6) is -0.188. The molecule has 0 aliphatic carbocycles. The van der Waals surface area contributed by atoms with E-state index < -0.39 is 9.84 Å². The molecule has 1 amide bonds. The third kappa shape index (κ3) is 4.08. The van der Waals surface area contributed by atoms with Crippen LogP contribution in [0.4, 0.5) is 5.69 Å². The van der Waals surface area contributed by atoms with Crippen LogP contribution in [0.1, 0.15) is 5.56 Å². The molecule has 146 valence electrons. The van der Waals surface area contributed by atoms with E-state index in [0.717, 1.165) is 5.69 Å². The van der Waals surface area contributed by atoms with Crippen LogP contribution in [0.2, 0.25) is 10.0 Å². The minimum absolute atomic E-state index is 0.0466. The Labute approximate surface area is 177 Å². The quantitative estimate of drug-likeness (QED) is 0.704. The maximum absolute atomic E-state index is 12.6.